The summed E-state index contributed by atoms with van der Waals surface area (Å²) in [4.78, 5) is 8.37. The van der Waals surface area contributed by atoms with Crippen molar-refractivity contribution in [2.45, 2.75) is 13.8 Å². The van der Waals surface area contributed by atoms with Gasteiger partial charge in [0.25, 0.3) is 0 Å². The zero-order valence-electron chi connectivity index (χ0n) is 10.9. The minimum absolute atomic E-state index is 0.282. The van der Waals surface area contributed by atoms with Crippen LogP contribution >= 0.6 is 0 Å². The van der Waals surface area contributed by atoms with Crippen molar-refractivity contribution in [2.24, 2.45) is 0 Å². The fourth-order valence-corrected chi connectivity index (χ4v) is 2.20. The van der Waals surface area contributed by atoms with E-state index in [-0.39, 0.29) is 5.95 Å². The van der Waals surface area contributed by atoms with Gasteiger partial charge in [-0.05, 0) is 37.6 Å². The molecule has 19 heavy (non-hydrogen) atoms. The highest BCUT2D eigenvalue weighted by atomic mass is 16.6. The molecule has 3 rings (SSSR count). The minimum Gasteiger partial charge on any atom is -0.486 e. The Balaban J connectivity index is 2.14. The van der Waals surface area contributed by atoms with Crippen LogP contribution in [0.2, 0.25) is 0 Å². The quantitative estimate of drug-likeness (QED) is 0.847. The second kappa shape index (κ2) is 4.42. The van der Waals surface area contributed by atoms with Crippen molar-refractivity contribution in [1.29, 1.82) is 0 Å². The number of nitrogens with two attached hydrogens (primary N) is 1. The summed E-state index contributed by atoms with van der Waals surface area (Å²) >= 11 is 0. The van der Waals surface area contributed by atoms with E-state index in [0.717, 1.165) is 34.0 Å². The van der Waals surface area contributed by atoms with Crippen molar-refractivity contribution in [3.05, 3.63) is 29.5 Å². The second-order valence-electron chi connectivity index (χ2n) is 4.56. The Morgan fingerprint density at radius 3 is 2.37 bits per heavy atom. The Hall–Kier alpha value is -2.30. The van der Waals surface area contributed by atoms with E-state index in [1.165, 1.54) is 0 Å². The molecule has 0 bridgehead atoms. The molecule has 1 aliphatic heterocycles. The topological polar surface area (TPSA) is 70.3 Å². The zero-order chi connectivity index (χ0) is 13.4. The molecule has 0 amide bonds. The van der Waals surface area contributed by atoms with E-state index >= 15 is 0 Å². The Morgan fingerprint density at radius 2 is 1.68 bits per heavy atom. The highest BCUT2D eigenvalue weighted by Crippen LogP contribution is 2.36. The van der Waals surface area contributed by atoms with Crippen LogP contribution < -0.4 is 15.2 Å². The second-order valence-corrected chi connectivity index (χ2v) is 4.56. The van der Waals surface area contributed by atoms with Crippen LogP contribution in [-0.4, -0.2) is 23.2 Å². The molecule has 2 N–H and O–H groups in total. The van der Waals surface area contributed by atoms with Gasteiger partial charge < -0.3 is 15.2 Å². The van der Waals surface area contributed by atoms with Crippen LogP contribution in [0.1, 0.15) is 11.3 Å². The van der Waals surface area contributed by atoms with Gasteiger partial charge in [-0.3, -0.25) is 0 Å². The summed E-state index contributed by atoms with van der Waals surface area (Å²) in [6.07, 6.45) is 0. The van der Waals surface area contributed by atoms with Gasteiger partial charge in [-0.1, -0.05) is 0 Å². The van der Waals surface area contributed by atoms with E-state index in [0.29, 0.717) is 13.2 Å². The molecule has 98 valence electrons. The van der Waals surface area contributed by atoms with Crippen LogP contribution in [0.4, 0.5) is 5.95 Å². The van der Waals surface area contributed by atoms with Gasteiger partial charge in [-0.25, -0.2) is 9.97 Å². The van der Waals surface area contributed by atoms with Gasteiger partial charge in [0.2, 0.25) is 5.95 Å². The Morgan fingerprint density at radius 1 is 1.00 bits per heavy atom. The predicted molar refractivity (Wildman–Crippen MR) is 72.3 cm³/mol. The van der Waals surface area contributed by atoms with E-state index in [1.807, 2.05) is 32.0 Å². The smallest absolute Gasteiger partial charge is 0.220 e. The summed E-state index contributed by atoms with van der Waals surface area (Å²) in [6, 6.07) is 5.83. The molecule has 0 atom stereocenters. The third kappa shape index (κ3) is 2.19. The van der Waals surface area contributed by atoms with Gasteiger partial charge in [0.1, 0.15) is 13.2 Å². The molecule has 0 fully saturated rings. The van der Waals surface area contributed by atoms with Gasteiger partial charge in [0, 0.05) is 11.3 Å². The van der Waals surface area contributed by atoms with Crippen molar-refractivity contribution >= 4 is 5.95 Å². The van der Waals surface area contributed by atoms with Gasteiger partial charge in [-0.2, -0.15) is 0 Å². The molecule has 0 aliphatic carbocycles. The molecule has 0 spiro atoms. The number of aryl methyl sites for hydroxylation is 2. The number of rotatable bonds is 1. The first-order valence-electron chi connectivity index (χ1n) is 6.15. The highest BCUT2D eigenvalue weighted by Gasteiger charge is 2.16. The number of hydrogen-bond acceptors (Lipinski definition) is 5. The maximum absolute atomic E-state index is 5.71. The van der Waals surface area contributed by atoms with Crippen LogP contribution in [0.5, 0.6) is 11.5 Å². The van der Waals surface area contributed by atoms with E-state index in [2.05, 4.69) is 9.97 Å². The highest BCUT2D eigenvalue weighted by molar-refractivity contribution is 5.69. The molecule has 2 aromatic rings. The van der Waals surface area contributed by atoms with Crippen molar-refractivity contribution in [3.8, 4) is 22.8 Å². The van der Waals surface area contributed by atoms with Crippen LogP contribution in [0.15, 0.2) is 18.2 Å². The molecule has 5 nitrogen and oxygen atoms in total. The molecule has 1 aliphatic rings. The zero-order valence-corrected chi connectivity index (χ0v) is 10.9. The third-order valence-electron chi connectivity index (χ3n) is 3.04. The van der Waals surface area contributed by atoms with Crippen molar-refractivity contribution in [3.63, 3.8) is 0 Å². The standard InChI is InChI=1S/C14H15N3O2/c1-8-5-12-13(19-4-3-18-12)7-10(8)11-6-9(2)16-14(15)17-11/h5-7H,3-4H2,1-2H3,(H2,15,16,17). The lowest BCUT2D eigenvalue weighted by molar-refractivity contribution is 0.171. The average Bonchev–Trinajstić information content (AvgIpc) is 2.36. The normalized spacial score (nSPS) is 13.4. The first-order chi connectivity index (χ1) is 9.13. The molecular weight excluding hydrogens is 242 g/mol. The SMILES string of the molecule is Cc1cc(-c2cc3c(cc2C)OCCO3)nc(N)n1. The van der Waals surface area contributed by atoms with Crippen LogP contribution in [0.3, 0.4) is 0 Å². The lowest BCUT2D eigenvalue weighted by Gasteiger charge is -2.20. The summed E-state index contributed by atoms with van der Waals surface area (Å²) in [6.45, 7) is 5.07. The fraction of sp³-hybridized carbons (Fsp3) is 0.286. The minimum atomic E-state index is 0.282. The van der Waals surface area contributed by atoms with Crippen LogP contribution in [0, 0.1) is 13.8 Å². The van der Waals surface area contributed by atoms with E-state index < -0.39 is 0 Å². The van der Waals surface area contributed by atoms with Gasteiger partial charge >= 0.3 is 0 Å². The first-order valence-corrected chi connectivity index (χ1v) is 6.15. The third-order valence-corrected chi connectivity index (χ3v) is 3.04. The van der Waals surface area contributed by atoms with Crippen LogP contribution in [-0.2, 0) is 0 Å². The van der Waals surface area contributed by atoms with Crippen LogP contribution in [0.25, 0.3) is 11.3 Å². The number of hydrogen-bond donors (Lipinski definition) is 1. The van der Waals surface area contributed by atoms with E-state index in [1.54, 1.807) is 0 Å². The van der Waals surface area contributed by atoms with Crippen molar-refractivity contribution < 1.29 is 9.47 Å². The first kappa shape index (κ1) is 11.8. The number of anilines is 1. The molecule has 5 heteroatoms. The number of aromatic nitrogens is 2. The number of benzene rings is 1. The van der Waals surface area contributed by atoms with E-state index in [4.69, 9.17) is 15.2 Å². The average molecular weight is 257 g/mol. The molecule has 1 aromatic heterocycles. The largest absolute Gasteiger partial charge is 0.486 e. The van der Waals surface area contributed by atoms with Crippen molar-refractivity contribution in [2.75, 3.05) is 18.9 Å². The van der Waals surface area contributed by atoms with Gasteiger partial charge in [0.05, 0.1) is 5.69 Å². The monoisotopic (exact) mass is 257 g/mol. The fourth-order valence-electron chi connectivity index (χ4n) is 2.20. The molecule has 0 saturated carbocycles. The van der Waals surface area contributed by atoms with Gasteiger partial charge in [0.15, 0.2) is 11.5 Å². The number of ether oxygens (including phenoxy) is 2. The lowest BCUT2D eigenvalue weighted by atomic mass is 10.0. The Bertz CT molecular complexity index is 621. The Labute approximate surface area is 111 Å². The lowest BCUT2D eigenvalue weighted by Crippen LogP contribution is -2.15. The number of nitrogen functional groups attached to an aromatic ring is 1. The molecular formula is C14H15N3O2. The molecule has 0 unspecified atom stereocenters. The van der Waals surface area contributed by atoms with Gasteiger partial charge in [-0.15, -0.1) is 0 Å². The van der Waals surface area contributed by atoms with Crippen molar-refractivity contribution in [1.82, 2.24) is 9.97 Å². The molecule has 2 heterocycles. The maximum atomic E-state index is 5.71. The maximum Gasteiger partial charge on any atom is 0.220 e. The molecule has 1 aromatic carbocycles. The predicted octanol–water partition coefficient (Wildman–Crippen LogP) is 2.11. The summed E-state index contributed by atoms with van der Waals surface area (Å²) in [7, 11) is 0. The summed E-state index contributed by atoms with van der Waals surface area (Å²) in [5.74, 6) is 1.82. The van der Waals surface area contributed by atoms with E-state index in [9.17, 15) is 0 Å². The summed E-state index contributed by atoms with van der Waals surface area (Å²) < 4.78 is 11.2. The summed E-state index contributed by atoms with van der Waals surface area (Å²) in [5.41, 5.74) is 9.41. The Kier molecular flexibility index (Phi) is 2.74. The summed E-state index contributed by atoms with van der Waals surface area (Å²) in [5, 5.41) is 0. The number of nitrogens with zero attached hydrogens (tertiary/aromatic N) is 2. The molecule has 0 radical (unpaired) electrons. The molecule has 0 saturated heterocycles. The number of fused-ring (bicyclic) bond motifs is 1.